The molecule has 0 radical (unpaired) electrons. The lowest BCUT2D eigenvalue weighted by molar-refractivity contribution is -0.170. The van der Waals surface area contributed by atoms with Gasteiger partial charge in [-0.2, -0.15) is 13.2 Å². The van der Waals surface area contributed by atoms with E-state index in [1.165, 1.54) is 0 Å². The average molecular weight is 241 g/mol. The van der Waals surface area contributed by atoms with Crippen molar-refractivity contribution in [3.05, 3.63) is 36.0 Å². The number of benzene rings is 1. The zero-order valence-corrected chi connectivity index (χ0v) is 9.08. The number of aromatic nitrogens is 1. The predicted octanol–water partition coefficient (Wildman–Crippen LogP) is 2.85. The third-order valence-electron chi connectivity index (χ3n) is 2.65. The summed E-state index contributed by atoms with van der Waals surface area (Å²) in [7, 11) is 1.74. The van der Waals surface area contributed by atoms with E-state index in [2.05, 4.69) is 0 Å². The molecule has 0 aliphatic rings. The molecule has 0 aliphatic carbocycles. The van der Waals surface area contributed by atoms with Gasteiger partial charge in [-0.05, 0) is 17.0 Å². The fraction of sp³-hybridized carbons (Fsp3) is 0.250. The normalized spacial score (nSPS) is 12.0. The highest BCUT2D eigenvalue weighted by molar-refractivity contribution is 5.91. The van der Waals surface area contributed by atoms with Crippen LogP contribution in [0.5, 0.6) is 0 Å². The minimum atomic E-state index is -4.77. The lowest BCUT2D eigenvalue weighted by atomic mass is 10.1. The van der Waals surface area contributed by atoms with Crippen molar-refractivity contribution in [3.63, 3.8) is 0 Å². The van der Waals surface area contributed by atoms with E-state index in [0.29, 0.717) is 11.1 Å². The molecule has 2 rings (SSSR count). The van der Waals surface area contributed by atoms with Crippen molar-refractivity contribution in [3.8, 4) is 0 Å². The number of hydrogen-bond acceptors (Lipinski definition) is 1. The molecule has 1 aromatic heterocycles. The Labute approximate surface area is 95.7 Å². The molecule has 0 unspecified atom stereocenters. The summed E-state index contributed by atoms with van der Waals surface area (Å²) in [5.41, 5.74) is 1.07. The molecule has 0 atom stereocenters. The number of Topliss-reactive ketones (excluding diaryl/α,β-unsaturated/α-hetero) is 1. The van der Waals surface area contributed by atoms with Gasteiger partial charge in [-0.25, -0.2) is 0 Å². The molecular weight excluding hydrogens is 231 g/mol. The van der Waals surface area contributed by atoms with Gasteiger partial charge in [-0.15, -0.1) is 0 Å². The summed E-state index contributed by atoms with van der Waals surface area (Å²) in [5.74, 6) is -1.72. The zero-order chi connectivity index (χ0) is 12.6. The third-order valence-corrected chi connectivity index (χ3v) is 2.65. The summed E-state index contributed by atoms with van der Waals surface area (Å²) in [4.78, 5) is 11.0. The standard InChI is InChI=1S/C12H10F3NO/c1-16-6-5-8-3-2-4-9(11(8)16)7-10(17)12(13,14)15/h2-6H,7H2,1H3. The van der Waals surface area contributed by atoms with Crippen LogP contribution in [-0.2, 0) is 18.3 Å². The van der Waals surface area contributed by atoms with Crippen LogP contribution in [0.1, 0.15) is 5.56 Å². The second-order valence-electron chi connectivity index (χ2n) is 3.88. The Bertz CT molecular complexity index is 569. The van der Waals surface area contributed by atoms with Crippen molar-refractivity contribution in [1.82, 2.24) is 4.57 Å². The first-order valence-electron chi connectivity index (χ1n) is 5.02. The maximum Gasteiger partial charge on any atom is 0.450 e. The molecule has 2 aromatic rings. The van der Waals surface area contributed by atoms with E-state index in [-0.39, 0.29) is 0 Å². The molecule has 0 N–H and O–H groups in total. The summed E-state index contributed by atoms with van der Waals surface area (Å²) >= 11 is 0. The molecule has 1 aromatic carbocycles. The average Bonchev–Trinajstić information content (AvgIpc) is 2.60. The maximum absolute atomic E-state index is 12.2. The van der Waals surface area contributed by atoms with E-state index in [9.17, 15) is 18.0 Å². The summed E-state index contributed by atoms with van der Waals surface area (Å²) in [6.45, 7) is 0. The van der Waals surface area contributed by atoms with Crippen LogP contribution in [0.25, 0.3) is 10.9 Å². The van der Waals surface area contributed by atoms with E-state index >= 15 is 0 Å². The van der Waals surface area contributed by atoms with Crippen molar-refractivity contribution < 1.29 is 18.0 Å². The van der Waals surface area contributed by atoms with Gasteiger partial charge in [0.25, 0.3) is 0 Å². The van der Waals surface area contributed by atoms with Gasteiger partial charge < -0.3 is 4.57 Å². The number of halogens is 3. The first kappa shape index (κ1) is 11.7. The Morgan fingerprint density at radius 1 is 1.29 bits per heavy atom. The highest BCUT2D eigenvalue weighted by Crippen LogP contribution is 2.24. The van der Waals surface area contributed by atoms with Gasteiger partial charge in [0.15, 0.2) is 0 Å². The second-order valence-corrected chi connectivity index (χ2v) is 3.88. The summed E-state index contributed by atoms with van der Waals surface area (Å²) in [6, 6.07) is 6.81. The molecule has 2 nitrogen and oxygen atoms in total. The number of para-hydroxylation sites is 1. The monoisotopic (exact) mass is 241 g/mol. The van der Waals surface area contributed by atoms with Crippen molar-refractivity contribution in [2.45, 2.75) is 12.6 Å². The lowest BCUT2D eigenvalue weighted by Crippen LogP contribution is -2.24. The molecule has 17 heavy (non-hydrogen) atoms. The van der Waals surface area contributed by atoms with E-state index in [1.807, 2.05) is 0 Å². The maximum atomic E-state index is 12.2. The highest BCUT2D eigenvalue weighted by Gasteiger charge is 2.38. The van der Waals surface area contributed by atoms with Gasteiger partial charge in [-0.1, -0.05) is 18.2 Å². The van der Waals surface area contributed by atoms with Gasteiger partial charge in [0, 0.05) is 19.7 Å². The first-order valence-corrected chi connectivity index (χ1v) is 5.02. The van der Waals surface area contributed by atoms with E-state index in [4.69, 9.17) is 0 Å². The number of aryl methyl sites for hydroxylation is 1. The lowest BCUT2D eigenvalue weighted by Gasteiger charge is -2.07. The molecule has 0 saturated heterocycles. The van der Waals surface area contributed by atoms with Crippen LogP contribution in [0.4, 0.5) is 13.2 Å². The Morgan fingerprint density at radius 3 is 2.65 bits per heavy atom. The van der Waals surface area contributed by atoms with E-state index in [0.717, 1.165) is 5.39 Å². The van der Waals surface area contributed by atoms with E-state index < -0.39 is 18.4 Å². The summed E-state index contributed by atoms with van der Waals surface area (Å²) < 4.78 is 38.3. The smallest absolute Gasteiger partial charge is 0.350 e. The predicted molar refractivity (Wildman–Crippen MR) is 57.7 cm³/mol. The van der Waals surface area contributed by atoms with Crippen molar-refractivity contribution in [2.75, 3.05) is 0 Å². The molecule has 0 fully saturated rings. The molecule has 0 saturated carbocycles. The SMILES string of the molecule is Cn1ccc2cccc(CC(=O)C(F)(F)F)c21. The van der Waals surface area contributed by atoms with Crippen LogP contribution in [0.2, 0.25) is 0 Å². The Hall–Kier alpha value is -1.78. The number of alkyl halides is 3. The molecular formula is C12H10F3NO. The van der Waals surface area contributed by atoms with Crippen molar-refractivity contribution >= 4 is 16.7 Å². The molecule has 90 valence electrons. The Morgan fingerprint density at radius 2 is 2.00 bits per heavy atom. The van der Waals surface area contributed by atoms with Crippen LogP contribution in [0, 0.1) is 0 Å². The van der Waals surface area contributed by atoms with Crippen LogP contribution >= 0.6 is 0 Å². The second kappa shape index (κ2) is 3.91. The van der Waals surface area contributed by atoms with Crippen LogP contribution < -0.4 is 0 Å². The molecule has 1 heterocycles. The molecule has 0 bridgehead atoms. The third kappa shape index (κ3) is 2.18. The van der Waals surface area contributed by atoms with Crippen LogP contribution in [0.3, 0.4) is 0 Å². The number of rotatable bonds is 2. The number of hydrogen-bond donors (Lipinski definition) is 0. The number of ketones is 1. The molecule has 0 amide bonds. The quantitative estimate of drug-likeness (QED) is 0.792. The van der Waals surface area contributed by atoms with Crippen molar-refractivity contribution in [2.24, 2.45) is 7.05 Å². The fourth-order valence-corrected chi connectivity index (χ4v) is 1.86. The van der Waals surface area contributed by atoms with Gasteiger partial charge in [0.2, 0.25) is 5.78 Å². The molecule has 5 heteroatoms. The first-order chi connectivity index (χ1) is 7.89. The minimum Gasteiger partial charge on any atom is -0.350 e. The number of carbonyl (C=O) groups is 1. The Kier molecular flexibility index (Phi) is 2.69. The van der Waals surface area contributed by atoms with Crippen LogP contribution in [-0.4, -0.2) is 16.5 Å². The number of nitrogens with zero attached hydrogens (tertiary/aromatic N) is 1. The fourth-order valence-electron chi connectivity index (χ4n) is 1.86. The Balaban J connectivity index is 2.43. The number of fused-ring (bicyclic) bond motifs is 1. The number of carbonyl (C=O) groups excluding carboxylic acids is 1. The van der Waals surface area contributed by atoms with Gasteiger partial charge in [-0.3, -0.25) is 4.79 Å². The largest absolute Gasteiger partial charge is 0.450 e. The highest BCUT2D eigenvalue weighted by atomic mass is 19.4. The minimum absolute atomic E-state index is 0.400. The molecule has 0 aliphatic heterocycles. The van der Waals surface area contributed by atoms with Crippen molar-refractivity contribution in [1.29, 1.82) is 0 Å². The molecule has 0 spiro atoms. The van der Waals surface area contributed by atoms with Gasteiger partial charge in [0.05, 0.1) is 5.52 Å². The van der Waals surface area contributed by atoms with Crippen LogP contribution in [0.15, 0.2) is 30.5 Å². The van der Waals surface area contributed by atoms with E-state index in [1.54, 1.807) is 42.1 Å². The summed E-state index contributed by atoms with van der Waals surface area (Å²) in [6.07, 6.45) is -3.63. The van der Waals surface area contributed by atoms with Gasteiger partial charge in [0.1, 0.15) is 0 Å². The van der Waals surface area contributed by atoms with Gasteiger partial charge >= 0.3 is 6.18 Å². The topological polar surface area (TPSA) is 22.0 Å². The zero-order valence-electron chi connectivity index (χ0n) is 9.08. The summed E-state index contributed by atoms with van der Waals surface area (Å²) in [5, 5.41) is 0.833.